The molecule has 0 saturated carbocycles. The number of rotatable bonds is 4. The lowest BCUT2D eigenvalue weighted by Crippen LogP contribution is -2.34. The van der Waals surface area contributed by atoms with E-state index in [-0.39, 0.29) is 30.5 Å². The SMILES string of the molecule is CN(Cc1ccccc1F)C(=O)Cn1nc2ccccn2c1=O. The molecule has 0 radical (unpaired) electrons. The molecule has 2 aromatic heterocycles. The van der Waals surface area contributed by atoms with Crippen molar-refractivity contribution in [1.82, 2.24) is 19.1 Å². The van der Waals surface area contributed by atoms with E-state index in [2.05, 4.69) is 5.10 Å². The zero-order valence-corrected chi connectivity index (χ0v) is 12.5. The largest absolute Gasteiger partial charge is 0.350 e. The molecule has 7 heteroatoms. The quantitative estimate of drug-likeness (QED) is 0.729. The minimum atomic E-state index is -0.381. The second-order valence-corrected chi connectivity index (χ2v) is 5.21. The normalized spacial score (nSPS) is 10.9. The van der Waals surface area contributed by atoms with Crippen LogP contribution in [0.3, 0.4) is 0 Å². The number of hydrogen-bond donors (Lipinski definition) is 0. The molecule has 1 aromatic carbocycles. The topological polar surface area (TPSA) is 59.6 Å². The maximum Gasteiger partial charge on any atom is 0.350 e. The van der Waals surface area contributed by atoms with Gasteiger partial charge in [-0.1, -0.05) is 24.3 Å². The van der Waals surface area contributed by atoms with Gasteiger partial charge in [0.15, 0.2) is 5.65 Å². The number of carbonyl (C=O) groups is 1. The molecule has 1 amide bonds. The second kappa shape index (κ2) is 6.04. The molecule has 0 aliphatic heterocycles. The molecule has 3 aromatic rings. The number of halogens is 1. The molecule has 23 heavy (non-hydrogen) atoms. The molecule has 2 heterocycles. The minimum absolute atomic E-state index is 0.133. The third-order valence-corrected chi connectivity index (χ3v) is 3.56. The Kier molecular flexibility index (Phi) is 3.92. The van der Waals surface area contributed by atoms with Crippen molar-refractivity contribution in [2.24, 2.45) is 0 Å². The van der Waals surface area contributed by atoms with E-state index in [0.717, 1.165) is 4.68 Å². The number of hydrogen-bond acceptors (Lipinski definition) is 3. The molecule has 0 fully saturated rings. The predicted octanol–water partition coefficient (Wildman–Crippen LogP) is 1.29. The Labute approximate surface area is 131 Å². The summed E-state index contributed by atoms with van der Waals surface area (Å²) in [5.74, 6) is -0.684. The number of fused-ring (bicyclic) bond motifs is 1. The van der Waals surface area contributed by atoms with Gasteiger partial charge < -0.3 is 4.90 Å². The van der Waals surface area contributed by atoms with Crippen molar-refractivity contribution in [2.75, 3.05) is 7.05 Å². The molecule has 3 rings (SSSR count). The molecule has 6 nitrogen and oxygen atoms in total. The van der Waals surface area contributed by atoms with Crippen LogP contribution in [0.4, 0.5) is 4.39 Å². The van der Waals surface area contributed by atoms with Gasteiger partial charge in [0.1, 0.15) is 12.4 Å². The first-order valence-corrected chi connectivity index (χ1v) is 7.08. The fourth-order valence-electron chi connectivity index (χ4n) is 2.29. The monoisotopic (exact) mass is 314 g/mol. The minimum Gasteiger partial charge on any atom is -0.340 e. The van der Waals surface area contributed by atoms with E-state index in [9.17, 15) is 14.0 Å². The van der Waals surface area contributed by atoms with Gasteiger partial charge in [-0.3, -0.25) is 9.20 Å². The number of likely N-dealkylation sites (N-methyl/N-ethyl adjacent to an activating group) is 1. The van der Waals surface area contributed by atoms with E-state index in [1.54, 1.807) is 49.6 Å². The molecule has 0 spiro atoms. The van der Waals surface area contributed by atoms with Crippen LogP contribution in [0, 0.1) is 5.82 Å². The summed E-state index contributed by atoms with van der Waals surface area (Å²) >= 11 is 0. The van der Waals surface area contributed by atoms with Gasteiger partial charge in [0.25, 0.3) is 0 Å². The predicted molar refractivity (Wildman–Crippen MR) is 82.3 cm³/mol. The van der Waals surface area contributed by atoms with E-state index in [4.69, 9.17) is 0 Å². The molecule has 118 valence electrons. The van der Waals surface area contributed by atoms with Crippen LogP contribution in [-0.2, 0) is 17.9 Å². The van der Waals surface area contributed by atoms with Gasteiger partial charge in [0.05, 0.1) is 0 Å². The molecular formula is C16H15FN4O2. The lowest BCUT2D eigenvalue weighted by atomic mass is 10.2. The molecule has 0 saturated heterocycles. The number of aromatic nitrogens is 3. The highest BCUT2D eigenvalue weighted by Crippen LogP contribution is 2.09. The van der Waals surface area contributed by atoms with Crippen LogP contribution in [0.2, 0.25) is 0 Å². The molecular weight excluding hydrogens is 299 g/mol. The highest BCUT2D eigenvalue weighted by molar-refractivity contribution is 5.75. The highest BCUT2D eigenvalue weighted by atomic mass is 19.1. The molecule has 0 unspecified atom stereocenters. The first-order valence-electron chi connectivity index (χ1n) is 7.08. The van der Waals surface area contributed by atoms with Crippen molar-refractivity contribution in [1.29, 1.82) is 0 Å². The van der Waals surface area contributed by atoms with Crippen LogP contribution in [-0.4, -0.2) is 32.0 Å². The van der Waals surface area contributed by atoms with Gasteiger partial charge >= 0.3 is 5.69 Å². The van der Waals surface area contributed by atoms with Gasteiger partial charge in [-0.15, -0.1) is 5.10 Å². The van der Waals surface area contributed by atoms with Crippen LogP contribution in [0.25, 0.3) is 5.65 Å². The average molecular weight is 314 g/mol. The summed E-state index contributed by atoms with van der Waals surface area (Å²) in [4.78, 5) is 25.8. The van der Waals surface area contributed by atoms with Crippen molar-refractivity contribution < 1.29 is 9.18 Å². The van der Waals surface area contributed by atoms with Crippen LogP contribution in [0.5, 0.6) is 0 Å². The number of amides is 1. The zero-order valence-electron chi connectivity index (χ0n) is 12.5. The van der Waals surface area contributed by atoms with Crippen molar-refractivity contribution in [3.05, 3.63) is 70.5 Å². The highest BCUT2D eigenvalue weighted by Gasteiger charge is 2.15. The van der Waals surface area contributed by atoms with E-state index in [1.165, 1.54) is 15.4 Å². The Bertz CT molecular complexity index is 916. The van der Waals surface area contributed by atoms with Gasteiger partial charge in [-0.2, -0.15) is 0 Å². The van der Waals surface area contributed by atoms with Crippen LogP contribution in [0.1, 0.15) is 5.56 Å². The molecule has 0 aliphatic carbocycles. The first-order chi connectivity index (χ1) is 11.1. The molecule has 0 bridgehead atoms. The van der Waals surface area contributed by atoms with Crippen LogP contribution >= 0.6 is 0 Å². The maximum atomic E-state index is 13.6. The molecule has 0 atom stereocenters. The Morgan fingerprint density at radius 3 is 2.70 bits per heavy atom. The summed E-state index contributed by atoms with van der Waals surface area (Å²) < 4.78 is 16.1. The van der Waals surface area contributed by atoms with E-state index >= 15 is 0 Å². The standard InChI is InChI=1S/C16H15FN4O2/c1-19(10-12-6-2-3-7-13(12)17)15(22)11-21-16(23)20-9-5-4-8-14(20)18-21/h2-9H,10-11H2,1H3. The lowest BCUT2D eigenvalue weighted by Gasteiger charge is -2.17. The van der Waals surface area contributed by atoms with Crippen molar-refractivity contribution in [3.8, 4) is 0 Å². The molecule has 0 N–H and O–H groups in total. The number of carbonyl (C=O) groups excluding carboxylic acids is 1. The number of nitrogens with zero attached hydrogens (tertiary/aromatic N) is 4. The van der Waals surface area contributed by atoms with Crippen LogP contribution in [0.15, 0.2) is 53.5 Å². The fraction of sp³-hybridized carbons (Fsp3) is 0.188. The van der Waals surface area contributed by atoms with Gasteiger partial charge in [0.2, 0.25) is 5.91 Å². The van der Waals surface area contributed by atoms with Gasteiger partial charge in [0, 0.05) is 25.4 Å². The Hall–Kier alpha value is -2.96. The Morgan fingerprint density at radius 1 is 1.22 bits per heavy atom. The summed E-state index contributed by atoms with van der Waals surface area (Å²) in [6, 6.07) is 11.4. The first kappa shape index (κ1) is 15.0. The number of pyridine rings is 1. The Morgan fingerprint density at radius 2 is 1.96 bits per heavy atom. The third kappa shape index (κ3) is 2.98. The second-order valence-electron chi connectivity index (χ2n) is 5.21. The van der Waals surface area contributed by atoms with E-state index in [0.29, 0.717) is 11.2 Å². The van der Waals surface area contributed by atoms with E-state index in [1.807, 2.05) is 0 Å². The van der Waals surface area contributed by atoms with Gasteiger partial charge in [-0.05, 0) is 18.2 Å². The summed E-state index contributed by atoms with van der Waals surface area (Å²) in [7, 11) is 1.57. The van der Waals surface area contributed by atoms with Gasteiger partial charge in [-0.25, -0.2) is 13.9 Å². The van der Waals surface area contributed by atoms with E-state index < -0.39 is 0 Å². The van der Waals surface area contributed by atoms with Crippen molar-refractivity contribution in [2.45, 2.75) is 13.1 Å². The summed E-state index contributed by atoms with van der Waals surface area (Å²) in [6.07, 6.45) is 1.59. The Balaban J connectivity index is 1.76. The van der Waals surface area contributed by atoms with Crippen molar-refractivity contribution >= 4 is 11.6 Å². The zero-order chi connectivity index (χ0) is 16.4. The fourth-order valence-corrected chi connectivity index (χ4v) is 2.29. The summed E-state index contributed by atoms with van der Waals surface area (Å²) in [6.45, 7) is -0.0565. The lowest BCUT2D eigenvalue weighted by molar-refractivity contribution is -0.131. The van der Waals surface area contributed by atoms with Crippen molar-refractivity contribution in [3.63, 3.8) is 0 Å². The number of benzene rings is 1. The maximum absolute atomic E-state index is 13.6. The average Bonchev–Trinajstić information content (AvgIpc) is 2.86. The summed E-state index contributed by atoms with van der Waals surface area (Å²) in [5.41, 5.74) is 0.515. The van der Waals surface area contributed by atoms with Crippen LogP contribution < -0.4 is 5.69 Å². The smallest absolute Gasteiger partial charge is 0.340 e. The third-order valence-electron chi connectivity index (χ3n) is 3.56. The summed E-state index contributed by atoms with van der Waals surface area (Å²) in [5, 5.41) is 4.10. The molecule has 0 aliphatic rings.